The molecule has 0 aromatic carbocycles. The number of ether oxygens (including phenoxy) is 1. The number of hydrogen-bond acceptors (Lipinski definition) is 3. The van der Waals surface area contributed by atoms with Crippen LogP contribution >= 0.6 is 0 Å². The highest BCUT2D eigenvalue weighted by molar-refractivity contribution is 5.72. The normalized spacial score (nSPS) is 15.1. The van der Waals surface area contributed by atoms with E-state index in [4.69, 9.17) is 4.74 Å². The number of rotatable bonds is 8. The van der Waals surface area contributed by atoms with E-state index >= 15 is 0 Å². The number of carbonyl (C=O) groups is 1. The van der Waals surface area contributed by atoms with Crippen LogP contribution in [0.2, 0.25) is 0 Å². The Balaban J connectivity index is 4.48. The maximum Gasteiger partial charge on any atom is 0.309 e. The van der Waals surface area contributed by atoms with Crippen molar-refractivity contribution in [3.63, 3.8) is 0 Å². The van der Waals surface area contributed by atoms with Crippen LogP contribution in [0.4, 0.5) is 0 Å². The highest BCUT2D eigenvalue weighted by Crippen LogP contribution is 2.17. The molecule has 2 unspecified atom stereocenters. The summed E-state index contributed by atoms with van der Waals surface area (Å²) < 4.78 is 4.82. The van der Waals surface area contributed by atoms with E-state index in [9.17, 15) is 4.79 Å². The van der Waals surface area contributed by atoms with E-state index in [-0.39, 0.29) is 17.9 Å². The molecule has 2 atom stereocenters. The van der Waals surface area contributed by atoms with Gasteiger partial charge in [0.1, 0.15) is 0 Å². The molecule has 0 fully saturated rings. The minimum Gasteiger partial charge on any atom is -0.469 e. The second kappa shape index (κ2) is 8.51. The van der Waals surface area contributed by atoms with Crippen LogP contribution in [0.5, 0.6) is 0 Å². The van der Waals surface area contributed by atoms with Crippen LogP contribution < -0.4 is 0 Å². The second-order valence-electron chi connectivity index (χ2n) is 4.82. The van der Waals surface area contributed by atoms with Gasteiger partial charge < -0.3 is 4.74 Å². The lowest BCUT2D eigenvalue weighted by molar-refractivity contribution is -0.147. The van der Waals surface area contributed by atoms with Crippen molar-refractivity contribution in [3.05, 3.63) is 0 Å². The summed E-state index contributed by atoms with van der Waals surface area (Å²) in [6.07, 6.45) is 2.40. The molecule has 102 valence electrons. The van der Waals surface area contributed by atoms with E-state index in [2.05, 4.69) is 32.6 Å². The Morgan fingerprint density at radius 3 is 2.06 bits per heavy atom. The van der Waals surface area contributed by atoms with Crippen molar-refractivity contribution in [2.45, 2.75) is 53.5 Å². The molecule has 0 spiro atoms. The van der Waals surface area contributed by atoms with Crippen molar-refractivity contribution < 1.29 is 9.53 Å². The van der Waals surface area contributed by atoms with Gasteiger partial charge in [-0.25, -0.2) is 0 Å². The highest BCUT2D eigenvalue weighted by Gasteiger charge is 2.26. The zero-order chi connectivity index (χ0) is 13.4. The lowest BCUT2D eigenvalue weighted by Crippen LogP contribution is -2.43. The first-order valence-corrected chi connectivity index (χ1v) is 6.83. The molecule has 3 nitrogen and oxygen atoms in total. The van der Waals surface area contributed by atoms with E-state index in [1.165, 1.54) is 20.0 Å². The van der Waals surface area contributed by atoms with Crippen LogP contribution in [0, 0.1) is 11.8 Å². The van der Waals surface area contributed by atoms with Gasteiger partial charge in [0.05, 0.1) is 13.0 Å². The van der Waals surface area contributed by atoms with Gasteiger partial charge in [0.15, 0.2) is 0 Å². The van der Waals surface area contributed by atoms with Crippen molar-refractivity contribution >= 4 is 5.97 Å². The fourth-order valence-corrected chi connectivity index (χ4v) is 2.16. The summed E-state index contributed by atoms with van der Waals surface area (Å²) in [5, 5.41) is 0. The summed E-state index contributed by atoms with van der Waals surface area (Å²) in [6, 6.07) is 0.244. The van der Waals surface area contributed by atoms with Gasteiger partial charge in [0.25, 0.3) is 0 Å². The molecule has 0 N–H and O–H groups in total. The molecule has 0 heterocycles. The number of hydrogen-bond donors (Lipinski definition) is 0. The minimum atomic E-state index is -0.111. The third kappa shape index (κ3) is 5.07. The molecule has 17 heavy (non-hydrogen) atoms. The predicted molar refractivity (Wildman–Crippen MR) is 72.0 cm³/mol. The summed E-state index contributed by atoms with van der Waals surface area (Å²) in [4.78, 5) is 13.9. The maximum absolute atomic E-state index is 11.5. The third-order valence-electron chi connectivity index (χ3n) is 3.93. The Labute approximate surface area is 107 Å². The Morgan fingerprint density at radius 1 is 1.18 bits per heavy atom. The van der Waals surface area contributed by atoms with Gasteiger partial charge in [-0.2, -0.15) is 0 Å². The highest BCUT2D eigenvalue weighted by atomic mass is 16.5. The van der Waals surface area contributed by atoms with Gasteiger partial charge >= 0.3 is 5.97 Å². The van der Waals surface area contributed by atoms with E-state index in [0.29, 0.717) is 0 Å². The monoisotopic (exact) mass is 243 g/mol. The molecule has 0 bridgehead atoms. The number of nitrogens with zero attached hydrogens (tertiary/aromatic N) is 1. The van der Waals surface area contributed by atoms with Gasteiger partial charge in [-0.15, -0.1) is 0 Å². The fraction of sp³-hybridized carbons (Fsp3) is 0.929. The van der Waals surface area contributed by atoms with Gasteiger partial charge in [-0.05, 0) is 19.4 Å². The van der Waals surface area contributed by atoms with Crippen LogP contribution in [0.15, 0.2) is 0 Å². The van der Waals surface area contributed by atoms with Crippen LogP contribution in [-0.2, 0) is 9.53 Å². The lowest BCUT2D eigenvalue weighted by atomic mass is 9.98. The molecular weight excluding hydrogens is 214 g/mol. The zero-order valence-electron chi connectivity index (χ0n) is 12.3. The SMILES string of the molecule is CCC(CC)CN(CC)C(C)C(C)C(=O)OC. The maximum atomic E-state index is 11.5. The average Bonchev–Trinajstić information content (AvgIpc) is 2.37. The average molecular weight is 243 g/mol. The first-order valence-electron chi connectivity index (χ1n) is 6.83. The van der Waals surface area contributed by atoms with Crippen molar-refractivity contribution in [3.8, 4) is 0 Å². The van der Waals surface area contributed by atoms with Gasteiger partial charge in [-0.3, -0.25) is 9.69 Å². The topological polar surface area (TPSA) is 29.5 Å². The van der Waals surface area contributed by atoms with Gasteiger partial charge in [0, 0.05) is 12.6 Å². The number of esters is 1. The van der Waals surface area contributed by atoms with Crippen molar-refractivity contribution in [2.75, 3.05) is 20.2 Å². The molecule has 3 heteroatoms. The van der Waals surface area contributed by atoms with E-state index in [1.54, 1.807) is 0 Å². The number of methoxy groups -OCH3 is 1. The van der Waals surface area contributed by atoms with Gasteiger partial charge in [-0.1, -0.05) is 40.5 Å². The first kappa shape index (κ1) is 16.4. The number of carbonyl (C=O) groups excluding carboxylic acids is 1. The summed E-state index contributed by atoms with van der Waals surface area (Å²) in [5.74, 6) is 0.553. The zero-order valence-corrected chi connectivity index (χ0v) is 12.3. The molecule has 0 aromatic rings. The summed E-state index contributed by atoms with van der Waals surface area (Å²) in [5.41, 5.74) is 0. The predicted octanol–water partition coefficient (Wildman–Crippen LogP) is 2.94. The molecule has 0 aliphatic heterocycles. The van der Waals surface area contributed by atoms with Crippen molar-refractivity contribution in [1.29, 1.82) is 0 Å². The third-order valence-corrected chi connectivity index (χ3v) is 3.93. The Morgan fingerprint density at radius 2 is 1.71 bits per heavy atom. The molecule has 0 rings (SSSR count). The van der Waals surface area contributed by atoms with E-state index in [0.717, 1.165) is 19.0 Å². The molecular formula is C14H29NO2. The van der Waals surface area contributed by atoms with Crippen molar-refractivity contribution in [2.24, 2.45) is 11.8 Å². The summed E-state index contributed by atoms with van der Waals surface area (Å²) in [7, 11) is 1.46. The largest absolute Gasteiger partial charge is 0.469 e. The smallest absolute Gasteiger partial charge is 0.309 e. The van der Waals surface area contributed by atoms with E-state index in [1.807, 2.05) is 6.92 Å². The fourth-order valence-electron chi connectivity index (χ4n) is 2.16. The molecule has 0 saturated heterocycles. The Kier molecular flexibility index (Phi) is 8.23. The first-order chi connectivity index (χ1) is 8.01. The standard InChI is InChI=1S/C14H29NO2/c1-7-13(8-2)10-15(9-3)12(5)11(4)14(16)17-6/h11-13H,7-10H2,1-6H3. The van der Waals surface area contributed by atoms with Crippen LogP contribution in [-0.4, -0.2) is 37.1 Å². The molecule has 0 aliphatic carbocycles. The second-order valence-corrected chi connectivity index (χ2v) is 4.82. The van der Waals surface area contributed by atoms with Crippen molar-refractivity contribution in [1.82, 2.24) is 4.90 Å². The summed E-state index contributed by atoms with van der Waals surface area (Å²) in [6.45, 7) is 12.8. The van der Waals surface area contributed by atoms with Crippen LogP contribution in [0.25, 0.3) is 0 Å². The Bertz CT molecular complexity index is 214. The molecule has 0 saturated carbocycles. The summed E-state index contributed by atoms with van der Waals surface area (Å²) >= 11 is 0. The molecule has 0 aliphatic rings. The molecule has 0 radical (unpaired) electrons. The Hall–Kier alpha value is -0.570. The molecule has 0 aromatic heterocycles. The minimum absolute atomic E-state index is 0.0608. The quantitative estimate of drug-likeness (QED) is 0.614. The van der Waals surface area contributed by atoms with Gasteiger partial charge in [0.2, 0.25) is 0 Å². The van der Waals surface area contributed by atoms with Crippen LogP contribution in [0.1, 0.15) is 47.5 Å². The van der Waals surface area contributed by atoms with E-state index < -0.39 is 0 Å². The lowest BCUT2D eigenvalue weighted by Gasteiger charge is -2.33. The van der Waals surface area contributed by atoms with Crippen LogP contribution in [0.3, 0.4) is 0 Å². The molecule has 0 amide bonds.